The summed E-state index contributed by atoms with van der Waals surface area (Å²) in [5.74, 6) is 0. The van der Waals surface area contributed by atoms with Gasteiger partial charge in [-0.1, -0.05) is 30.3 Å². The molecule has 1 amide bonds. The van der Waals surface area contributed by atoms with E-state index in [4.69, 9.17) is 4.74 Å². The Labute approximate surface area is 117 Å². The molecule has 104 valence electrons. The van der Waals surface area contributed by atoms with Gasteiger partial charge >= 0.3 is 6.09 Å². The zero-order chi connectivity index (χ0) is 13.9. The van der Waals surface area contributed by atoms with E-state index in [1.807, 2.05) is 48.1 Å². The molecule has 2 heterocycles. The summed E-state index contributed by atoms with van der Waals surface area (Å²) in [4.78, 5) is 13.8. The lowest BCUT2D eigenvalue weighted by Crippen LogP contribution is -2.38. The summed E-state index contributed by atoms with van der Waals surface area (Å²) in [7, 11) is 0. The number of ether oxygens (including phenoxy) is 1. The fourth-order valence-electron chi connectivity index (χ4n) is 2.34. The van der Waals surface area contributed by atoms with E-state index in [9.17, 15) is 4.79 Å². The first-order chi connectivity index (χ1) is 9.74. The van der Waals surface area contributed by atoms with Crippen LogP contribution in [0.1, 0.15) is 16.8 Å². The van der Waals surface area contributed by atoms with Gasteiger partial charge < -0.3 is 9.64 Å². The molecule has 0 atom stereocenters. The third-order valence-corrected chi connectivity index (χ3v) is 3.54. The summed E-state index contributed by atoms with van der Waals surface area (Å²) in [6, 6.07) is 9.71. The number of hydrogen-bond donors (Lipinski definition) is 0. The number of aromatic nitrogens is 2. The van der Waals surface area contributed by atoms with Gasteiger partial charge in [0.25, 0.3) is 0 Å². The van der Waals surface area contributed by atoms with Gasteiger partial charge in [-0.15, -0.1) is 0 Å². The molecule has 0 saturated carbocycles. The summed E-state index contributed by atoms with van der Waals surface area (Å²) in [5.41, 5.74) is 3.21. The zero-order valence-electron chi connectivity index (χ0n) is 11.5. The van der Waals surface area contributed by atoms with Crippen molar-refractivity contribution in [2.75, 3.05) is 6.54 Å². The molecule has 1 aromatic heterocycles. The van der Waals surface area contributed by atoms with Crippen LogP contribution in [-0.2, 0) is 24.4 Å². The lowest BCUT2D eigenvalue weighted by atomic mass is 10.2. The largest absolute Gasteiger partial charge is 0.445 e. The maximum absolute atomic E-state index is 12.1. The maximum atomic E-state index is 12.1. The molecular weight excluding hydrogens is 254 g/mol. The number of benzene rings is 1. The van der Waals surface area contributed by atoms with Gasteiger partial charge in [0, 0.05) is 6.54 Å². The van der Waals surface area contributed by atoms with E-state index in [2.05, 4.69) is 5.10 Å². The molecule has 0 N–H and O–H groups in total. The third kappa shape index (κ3) is 2.52. The van der Waals surface area contributed by atoms with Gasteiger partial charge in [-0.2, -0.15) is 5.10 Å². The van der Waals surface area contributed by atoms with Crippen LogP contribution in [0.15, 0.2) is 36.5 Å². The zero-order valence-corrected chi connectivity index (χ0v) is 11.5. The summed E-state index contributed by atoms with van der Waals surface area (Å²) >= 11 is 0. The standard InChI is InChI=1S/C15H17N3O2/c1-12-9-16-18-8-7-17(10-14(12)18)15(19)20-11-13-5-3-2-4-6-13/h2-6,9H,7-8,10-11H2,1H3. The minimum atomic E-state index is -0.263. The van der Waals surface area contributed by atoms with Crippen LogP contribution in [-0.4, -0.2) is 27.3 Å². The second kappa shape index (κ2) is 5.36. The van der Waals surface area contributed by atoms with E-state index < -0.39 is 0 Å². The molecule has 1 aromatic carbocycles. The van der Waals surface area contributed by atoms with Crippen molar-refractivity contribution in [1.29, 1.82) is 0 Å². The van der Waals surface area contributed by atoms with E-state index >= 15 is 0 Å². The van der Waals surface area contributed by atoms with Crippen LogP contribution in [0.3, 0.4) is 0 Å². The molecule has 2 aromatic rings. The molecular formula is C15H17N3O2. The van der Waals surface area contributed by atoms with Crippen molar-refractivity contribution in [1.82, 2.24) is 14.7 Å². The topological polar surface area (TPSA) is 47.4 Å². The second-order valence-electron chi connectivity index (χ2n) is 4.96. The molecule has 0 spiro atoms. The first-order valence-corrected chi connectivity index (χ1v) is 6.71. The average molecular weight is 271 g/mol. The monoisotopic (exact) mass is 271 g/mol. The van der Waals surface area contributed by atoms with Crippen molar-refractivity contribution in [3.05, 3.63) is 53.3 Å². The van der Waals surface area contributed by atoms with E-state index in [0.29, 0.717) is 19.7 Å². The molecule has 0 unspecified atom stereocenters. The number of carbonyl (C=O) groups excluding carboxylic acids is 1. The fraction of sp³-hybridized carbons (Fsp3) is 0.333. The summed E-state index contributed by atoms with van der Waals surface area (Å²) in [6.45, 7) is 4.26. The SMILES string of the molecule is Cc1cnn2c1CN(C(=O)OCc1ccccc1)CC2. The number of nitrogens with zero attached hydrogens (tertiary/aromatic N) is 3. The van der Waals surface area contributed by atoms with E-state index in [1.54, 1.807) is 4.90 Å². The summed E-state index contributed by atoms with van der Waals surface area (Å²) in [5, 5.41) is 4.28. The summed E-state index contributed by atoms with van der Waals surface area (Å²) < 4.78 is 7.31. The molecule has 0 fully saturated rings. The number of carbonyl (C=O) groups is 1. The molecule has 20 heavy (non-hydrogen) atoms. The van der Waals surface area contributed by atoms with Crippen molar-refractivity contribution < 1.29 is 9.53 Å². The number of hydrogen-bond acceptors (Lipinski definition) is 3. The van der Waals surface area contributed by atoms with Crippen LogP contribution in [0.5, 0.6) is 0 Å². The highest BCUT2D eigenvalue weighted by molar-refractivity contribution is 5.67. The molecule has 5 nitrogen and oxygen atoms in total. The van der Waals surface area contributed by atoms with Crippen LogP contribution in [0, 0.1) is 6.92 Å². The normalized spacial score (nSPS) is 13.9. The molecule has 1 aliphatic rings. The number of fused-ring (bicyclic) bond motifs is 1. The molecule has 0 bridgehead atoms. The van der Waals surface area contributed by atoms with Gasteiger partial charge in [0.05, 0.1) is 25.0 Å². The highest BCUT2D eigenvalue weighted by atomic mass is 16.6. The minimum Gasteiger partial charge on any atom is -0.445 e. The van der Waals surface area contributed by atoms with E-state index in [-0.39, 0.29) is 6.09 Å². The smallest absolute Gasteiger partial charge is 0.410 e. The Hall–Kier alpha value is -2.30. The Balaban J connectivity index is 1.60. The highest BCUT2D eigenvalue weighted by Crippen LogP contribution is 2.16. The minimum absolute atomic E-state index is 0.263. The molecule has 0 saturated heterocycles. The van der Waals surface area contributed by atoms with Crippen molar-refractivity contribution >= 4 is 6.09 Å². The molecule has 0 radical (unpaired) electrons. The Bertz CT molecular complexity index is 607. The van der Waals surface area contributed by atoms with Crippen molar-refractivity contribution in [3.8, 4) is 0 Å². The van der Waals surface area contributed by atoms with Crippen LogP contribution in [0.25, 0.3) is 0 Å². The number of rotatable bonds is 2. The van der Waals surface area contributed by atoms with Crippen LogP contribution in [0.4, 0.5) is 4.79 Å². The Kier molecular flexibility index (Phi) is 3.41. The second-order valence-corrected chi connectivity index (χ2v) is 4.96. The quantitative estimate of drug-likeness (QED) is 0.842. The Morgan fingerprint density at radius 2 is 2.10 bits per heavy atom. The number of aryl methyl sites for hydroxylation is 1. The van der Waals surface area contributed by atoms with Crippen molar-refractivity contribution in [3.63, 3.8) is 0 Å². The van der Waals surface area contributed by atoms with E-state index in [1.165, 1.54) is 0 Å². The summed E-state index contributed by atoms with van der Waals surface area (Å²) in [6.07, 6.45) is 1.58. The van der Waals surface area contributed by atoms with Gasteiger partial charge in [-0.05, 0) is 18.1 Å². The predicted molar refractivity (Wildman–Crippen MR) is 74.0 cm³/mol. The van der Waals surface area contributed by atoms with Gasteiger partial charge in [0.2, 0.25) is 0 Å². The molecule has 0 aliphatic carbocycles. The Morgan fingerprint density at radius 3 is 2.90 bits per heavy atom. The number of amides is 1. The lowest BCUT2D eigenvalue weighted by molar-refractivity contribution is 0.0857. The molecule has 5 heteroatoms. The van der Waals surface area contributed by atoms with Crippen LogP contribution < -0.4 is 0 Å². The highest BCUT2D eigenvalue weighted by Gasteiger charge is 2.23. The predicted octanol–water partition coefficient (Wildman–Crippen LogP) is 2.34. The van der Waals surface area contributed by atoms with Gasteiger partial charge in [0.15, 0.2) is 0 Å². The molecule has 3 rings (SSSR count). The van der Waals surface area contributed by atoms with Gasteiger partial charge in [-0.25, -0.2) is 4.79 Å². The van der Waals surface area contributed by atoms with Gasteiger partial charge in [-0.3, -0.25) is 4.68 Å². The first-order valence-electron chi connectivity index (χ1n) is 6.71. The fourth-order valence-corrected chi connectivity index (χ4v) is 2.34. The Morgan fingerprint density at radius 1 is 1.30 bits per heavy atom. The first kappa shape index (κ1) is 12.7. The van der Waals surface area contributed by atoms with E-state index in [0.717, 1.165) is 23.4 Å². The van der Waals surface area contributed by atoms with Crippen molar-refractivity contribution in [2.45, 2.75) is 26.6 Å². The lowest BCUT2D eigenvalue weighted by Gasteiger charge is -2.27. The average Bonchev–Trinajstić information content (AvgIpc) is 2.87. The molecule has 1 aliphatic heterocycles. The maximum Gasteiger partial charge on any atom is 0.410 e. The van der Waals surface area contributed by atoms with Crippen molar-refractivity contribution in [2.24, 2.45) is 0 Å². The van der Waals surface area contributed by atoms with Crippen LogP contribution in [0.2, 0.25) is 0 Å². The third-order valence-electron chi connectivity index (χ3n) is 3.54. The van der Waals surface area contributed by atoms with Gasteiger partial charge in [0.1, 0.15) is 6.61 Å². The van der Waals surface area contributed by atoms with Crippen LogP contribution >= 0.6 is 0 Å².